The summed E-state index contributed by atoms with van der Waals surface area (Å²) < 4.78 is 5.53. The number of hydrogen-bond acceptors (Lipinski definition) is 3. The van der Waals surface area contributed by atoms with Crippen LogP contribution in [0.25, 0.3) is 0 Å². The maximum absolute atomic E-state index is 9.97. The number of aliphatic hydroxyl groups is 1. The molecule has 0 rings (SSSR count). The lowest BCUT2D eigenvalue weighted by atomic mass is 9.93. The van der Waals surface area contributed by atoms with Gasteiger partial charge in [0.1, 0.15) is 0 Å². The number of hydrogen-bond donors (Lipinski definition) is 2. The number of ether oxygens (including phenoxy) is 1. The Morgan fingerprint density at radius 3 is 2.00 bits per heavy atom. The van der Waals surface area contributed by atoms with E-state index in [9.17, 15) is 5.11 Å². The summed E-state index contributed by atoms with van der Waals surface area (Å²) in [4.78, 5) is 0. The van der Waals surface area contributed by atoms with Gasteiger partial charge in [-0.1, -0.05) is 27.7 Å². The van der Waals surface area contributed by atoms with E-state index in [0.29, 0.717) is 13.2 Å². The molecular weight excluding hydrogens is 190 g/mol. The standard InChI is InChI=1S/C12H27NO2/c1-6-12(13,7-2)9-15-8-11(5,14)10(3)4/h10,14H,6-9,13H2,1-5H3. The number of rotatable bonds is 7. The summed E-state index contributed by atoms with van der Waals surface area (Å²) in [6.45, 7) is 10.8. The highest BCUT2D eigenvalue weighted by molar-refractivity contribution is 4.82. The van der Waals surface area contributed by atoms with Crippen molar-refractivity contribution >= 4 is 0 Å². The summed E-state index contributed by atoms with van der Waals surface area (Å²) >= 11 is 0. The third-order valence-electron chi connectivity index (χ3n) is 3.44. The van der Waals surface area contributed by atoms with Crippen LogP contribution >= 0.6 is 0 Å². The fourth-order valence-corrected chi connectivity index (χ4v) is 1.08. The second-order valence-corrected chi connectivity index (χ2v) is 5.07. The minimum absolute atomic E-state index is 0.188. The minimum Gasteiger partial charge on any atom is -0.388 e. The molecule has 1 atom stereocenters. The normalized spacial score (nSPS) is 16.8. The Hall–Kier alpha value is -0.120. The first-order valence-corrected chi connectivity index (χ1v) is 5.86. The smallest absolute Gasteiger partial charge is 0.0874 e. The Balaban J connectivity index is 3.98. The van der Waals surface area contributed by atoms with E-state index < -0.39 is 5.60 Å². The van der Waals surface area contributed by atoms with Crippen molar-refractivity contribution < 1.29 is 9.84 Å². The van der Waals surface area contributed by atoms with Gasteiger partial charge in [0.05, 0.1) is 18.8 Å². The maximum Gasteiger partial charge on any atom is 0.0874 e. The molecule has 0 spiro atoms. The van der Waals surface area contributed by atoms with Crippen molar-refractivity contribution in [3.63, 3.8) is 0 Å². The highest BCUT2D eigenvalue weighted by atomic mass is 16.5. The van der Waals surface area contributed by atoms with E-state index in [4.69, 9.17) is 10.5 Å². The van der Waals surface area contributed by atoms with Crippen LogP contribution in [0.4, 0.5) is 0 Å². The molecule has 0 saturated carbocycles. The predicted molar refractivity (Wildman–Crippen MR) is 63.8 cm³/mol. The molecule has 0 aliphatic carbocycles. The fraction of sp³-hybridized carbons (Fsp3) is 1.00. The largest absolute Gasteiger partial charge is 0.388 e. The summed E-state index contributed by atoms with van der Waals surface area (Å²) in [6, 6.07) is 0. The van der Waals surface area contributed by atoms with Gasteiger partial charge in [0.15, 0.2) is 0 Å². The van der Waals surface area contributed by atoms with E-state index in [1.807, 2.05) is 13.8 Å². The first-order valence-electron chi connectivity index (χ1n) is 5.86. The second kappa shape index (κ2) is 5.83. The van der Waals surface area contributed by atoms with Crippen molar-refractivity contribution in [2.75, 3.05) is 13.2 Å². The minimum atomic E-state index is -0.762. The summed E-state index contributed by atoms with van der Waals surface area (Å²) in [6.07, 6.45) is 1.79. The van der Waals surface area contributed by atoms with Crippen molar-refractivity contribution in [1.82, 2.24) is 0 Å². The summed E-state index contributed by atoms with van der Waals surface area (Å²) in [5, 5.41) is 9.97. The van der Waals surface area contributed by atoms with Gasteiger partial charge in [0, 0.05) is 5.54 Å². The first kappa shape index (κ1) is 14.9. The van der Waals surface area contributed by atoms with E-state index in [0.717, 1.165) is 12.8 Å². The van der Waals surface area contributed by atoms with Gasteiger partial charge in [-0.2, -0.15) is 0 Å². The van der Waals surface area contributed by atoms with Crippen LogP contribution in [0.5, 0.6) is 0 Å². The highest BCUT2D eigenvalue weighted by Gasteiger charge is 2.27. The molecule has 0 aromatic heterocycles. The third-order valence-corrected chi connectivity index (χ3v) is 3.44. The van der Waals surface area contributed by atoms with Crippen LogP contribution in [0.3, 0.4) is 0 Å². The molecule has 0 fully saturated rings. The molecule has 0 radical (unpaired) electrons. The van der Waals surface area contributed by atoms with E-state index in [2.05, 4.69) is 13.8 Å². The van der Waals surface area contributed by atoms with Crippen LogP contribution in [0.1, 0.15) is 47.5 Å². The van der Waals surface area contributed by atoms with E-state index >= 15 is 0 Å². The lowest BCUT2D eigenvalue weighted by molar-refractivity contribution is -0.0725. The van der Waals surface area contributed by atoms with Crippen LogP contribution < -0.4 is 5.73 Å². The van der Waals surface area contributed by atoms with Crippen LogP contribution in [0.15, 0.2) is 0 Å². The molecular formula is C12H27NO2. The zero-order chi connectivity index (χ0) is 12.1. The van der Waals surface area contributed by atoms with Gasteiger partial charge < -0.3 is 15.6 Å². The third kappa shape index (κ3) is 4.96. The predicted octanol–water partition coefficient (Wildman–Crippen LogP) is 1.93. The monoisotopic (exact) mass is 217 g/mol. The topological polar surface area (TPSA) is 55.5 Å². The molecule has 0 aliphatic heterocycles. The molecule has 0 saturated heterocycles. The summed E-state index contributed by atoms with van der Waals surface area (Å²) in [5.74, 6) is 0.188. The summed E-state index contributed by atoms with van der Waals surface area (Å²) in [5.41, 5.74) is 5.09. The highest BCUT2D eigenvalue weighted by Crippen LogP contribution is 2.18. The molecule has 3 N–H and O–H groups in total. The van der Waals surface area contributed by atoms with Gasteiger partial charge in [-0.25, -0.2) is 0 Å². The van der Waals surface area contributed by atoms with Crippen molar-refractivity contribution in [1.29, 1.82) is 0 Å². The van der Waals surface area contributed by atoms with Crippen LogP contribution in [0.2, 0.25) is 0 Å². The summed E-state index contributed by atoms with van der Waals surface area (Å²) in [7, 11) is 0. The Kier molecular flexibility index (Phi) is 5.78. The lowest BCUT2D eigenvalue weighted by Crippen LogP contribution is -2.45. The molecule has 92 valence electrons. The molecule has 0 heterocycles. The maximum atomic E-state index is 9.97. The van der Waals surface area contributed by atoms with E-state index in [-0.39, 0.29) is 11.5 Å². The van der Waals surface area contributed by atoms with E-state index in [1.54, 1.807) is 6.92 Å². The first-order chi connectivity index (χ1) is 6.77. The van der Waals surface area contributed by atoms with Crippen molar-refractivity contribution in [2.24, 2.45) is 11.7 Å². The van der Waals surface area contributed by atoms with Crippen LogP contribution in [-0.4, -0.2) is 29.5 Å². The molecule has 3 nitrogen and oxygen atoms in total. The van der Waals surface area contributed by atoms with Crippen molar-refractivity contribution in [3.8, 4) is 0 Å². The molecule has 0 amide bonds. The van der Waals surface area contributed by atoms with Gasteiger partial charge in [-0.05, 0) is 25.7 Å². The van der Waals surface area contributed by atoms with Gasteiger partial charge in [0.25, 0.3) is 0 Å². The Morgan fingerprint density at radius 2 is 1.67 bits per heavy atom. The Labute approximate surface area is 94.0 Å². The molecule has 0 bridgehead atoms. The van der Waals surface area contributed by atoms with E-state index in [1.165, 1.54) is 0 Å². The molecule has 0 aromatic rings. The quantitative estimate of drug-likeness (QED) is 0.685. The fourth-order valence-electron chi connectivity index (χ4n) is 1.08. The average Bonchev–Trinajstić information content (AvgIpc) is 2.17. The van der Waals surface area contributed by atoms with Gasteiger partial charge in [0.2, 0.25) is 0 Å². The molecule has 3 heteroatoms. The molecule has 1 unspecified atom stereocenters. The zero-order valence-corrected chi connectivity index (χ0v) is 10.8. The zero-order valence-electron chi connectivity index (χ0n) is 10.8. The SMILES string of the molecule is CCC(N)(CC)COCC(C)(O)C(C)C. The van der Waals surface area contributed by atoms with Gasteiger partial charge >= 0.3 is 0 Å². The molecule has 0 aliphatic rings. The molecule has 0 aromatic carbocycles. The van der Waals surface area contributed by atoms with Crippen LogP contribution in [-0.2, 0) is 4.74 Å². The van der Waals surface area contributed by atoms with Gasteiger partial charge in [-0.3, -0.25) is 0 Å². The molecule has 15 heavy (non-hydrogen) atoms. The average molecular weight is 217 g/mol. The lowest BCUT2D eigenvalue weighted by Gasteiger charge is -2.31. The number of nitrogens with two attached hydrogens (primary N) is 1. The van der Waals surface area contributed by atoms with Crippen molar-refractivity contribution in [2.45, 2.75) is 58.6 Å². The van der Waals surface area contributed by atoms with Crippen molar-refractivity contribution in [3.05, 3.63) is 0 Å². The van der Waals surface area contributed by atoms with Crippen LogP contribution in [0, 0.1) is 5.92 Å². The Bertz CT molecular complexity index is 170. The Morgan fingerprint density at radius 1 is 1.20 bits per heavy atom. The van der Waals surface area contributed by atoms with Gasteiger partial charge in [-0.15, -0.1) is 0 Å². The second-order valence-electron chi connectivity index (χ2n) is 5.07.